The van der Waals surface area contributed by atoms with Crippen LogP contribution in [0.4, 0.5) is 22.7 Å². The second-order valence-corrected chi connectivity index (χ2v) is 8.64. The molecule has 7 heteroatoms. The zero-order chi connectivity index (χ0) is 26.9. The largest absolute Gasteiger partial charge is 0.376 e. The van der Waals surface area contributed by atoms with Crippen molar-refractivity contribution < 1.29 is 14.4 Å². The molecule has 0 spiro atoms. The van der Waals surface area contributed by atoms with Gasteiger partial charge in [0.15, 0.2) is 0 Å². The van der Waals surface area contributed by atoms with Crippen molar-refractivity contribution in [2.24, 2.45) is 0 Å². The number of anilines is 4. The van der Waals surface area contributed by atoms with Gasteiger partial charge < -0.3 is 20.4 Å². The molecule has 3 amide bonds. The van der Waals surface area contributed by atoms with Gasteiger partial charge in [0.1, 0.15) is 0 Å². The van der Waals surface area contributed by atoms with Crippen molar-refractivity contribution >= 4 is 40.5 Å². The van der Waals surface area contributed by atoms with E-state index >= 15 is 0 Å². The Morgan fingerprint density at radius 3 is 1.68 bits per heavy atom. The van der Waals surface area contributed by atoms with Crippen molar-refractivity contribution in [1.82, 2.24) is 0 Å². The summed E-state index contributed by atoms with van der Waals surface area (Å²) in [6.45, 7) is 2.55. The number of hydrogen-bond donors (Lipinski definition) is 2. The van der Waals surface area contributed by atoms with E-state index in [0.717, 1.165) is 17.1 Å². The fourth-order valence-corrected chi connectivity index (χ4v) is 3.98. The smallest absolute Gasteiger partial charge is 0.258 e. The number of rotatable bonds is 9. The van der Waals surface area contributed by atoms with Gasteiger partial charge in [-0.3, -0.25) is 14.4 Å². The van der Waals surface area contributed by atoms with E-state index in [0.29, 0.717) is 23.4 Å². The van der Waals surface area contributed by atoms with Gasteiger partial charge in [0, 0.05) is 47.5 Å². The van der Waals surface area contributed by atoms with Crippen molar-refractivity contribution in [2.45, 2.75) is 6.92 Å². The van der Waals surface area contributed by atoms with Crippen LogP contribution in [-0.2, 0) is 4.79 Å². The van der Waals surface area contributed by atoms with E-state index in [-0.39, 0.29) is 24.3 Å². The van der Waals surface area contributed by atoms with Crippen LogP contribution in [-0.4, -0.2) is 37.9 Å². The van der Waals surface area contributed by atoms with Crippen LogP contribution in [0.25, 0.3) is 0 Å². The van der Waals surface area contributed by atoms with E-state index < -0.39 is 0 Å². The summed E-state index contributed by atoms with van der Waals surface area (Å²) in [6, 6.07) is 32.8. The number of carbonyl (C=O) groups is 3. The van der Waals surface area contributed by atoms with E-state index in [1.54, 1.807) is 65.4 Å². The van der Waals surface area contributed by atoms with Crippen LogP contribution in [0.1, 0.15) is 27.6 Å². The Kier molecular flexibility index (Phi) is 8.51. The monoisotopic (exact) mass is 506 g/mol. The Morgan fingerprint density at radius 2 is 1.13 bits per heavy atom. The number of nitrogens with zero attached hydrogens (tertiary/aromatic N) is 2. The van der Waals surface area contributed by atoms with Crippen molar-refractivity contribution in [1.29, 1.82) is 0 Å². The van der Waals surface area contributed by atoms with Crippen LogP contribution in [0.5, 0.6) is 0 Å². The van der Waals surface area contributed by atoms with Crippen molar-refractivity contribution in [3.8, 4) is 0 Å². The summed E-state index contributed by atoms with van der Waals surface area (Å²) in [5.74, 6) is -0.449. The van der Waals surface area contributed by atoms with Crippen LogP contribution in [0.3, 0.4) is 0 Å². The van der Waals surface area contributed by atoms with Crippen LogP contribution in [0, 0.1) is 0 Å². The molecule has 0 aliphatic rings. The summed E-state index contributed by atoms with van der Waals surface area (Å²) in [7, 11) is 1.73. The third-order valence-electron chi connectivity index (χ3n) is 6.08. The maximum atomic E-state index is 13.0. The van der Waals surface area contributed by atoms with Crippen LogP contribution in [0.15, 0.2) is 109 Å². The average Bonchev–Trinajstić information content (AvgIpc) is 2.97. The molecule has 0 aliphatic heterocycles. The lowest BCUT2D eigenvalue weighted by molar-refractivity contribution is -0.114. The minimum absolute atomic E-state index is 0.0514. The molecular weight excluding hydrogens is 476 g/mol. The second-order valence-electron chi connectivity index (χ2n) is 8.64. The fourth-order valence-electron chi connectivity index (χ4n) is 3.98. The fraction of sp³-hybridized carbons (Fsp3) is 0.129. The second kappa shape index (κ2) is 12.4. The minimum atomic E-state index is -0.230. The van der Waals surface area contributed by atoms with E-state index in [2.05, 4.69) is 10.6 Å². The van der Waals surface area contributed by atoms with Crippen molar-refractivity contribution in [2.75, 3.05) is 40.6 Å². The van der Waals surface area contributed by atoms with Gasteiger partial charge in [-0.05, 0) is 79.7 Å². The maximum Gasteiger partial charge on any atom is 0.258 e. The number of benzene rings is 4. The van der Waals surface area contributed by atoms with Gasteiger partial charge in [0.25, 0.3) is 11.8 Å². The highest BCUT2D eigenvalue weighted by atomic mass is 16.2. The summed E-state index contributed by atoms with van der Waals surface area (Å²) >= 11 is 0. The molecule has 0 bridgehead atoms. The summed E-state index contributed by atoms with van der Waals surface area (Å²) in [4.78, 5) is 41.4. The first-order chi connectivity index (χ1) is 18.5. The SMILES string of the molecule is CCN(C(=O)c1ccc(NCC(=O)Nc2ccc(C(=O)N(C)c3ccccc3)cc2)cc1)c1ccccc1. The highest BCUT2D eigenvalue weighted by molar-refractivity contribution is 6.07. The zero-order valence-corrected chi connectivity index (χ0v) is 21.4. The quantitative estimate of drug-likeness (QED) is 0.306. The van der Waals surface area contributed by atoms with Crippen LogP contribution in [0.2, 0.25) is 0 Å². The predicted molar refractivity (Wildman–Crippen MR) is 153 cm³/mol. The molecule has 0 aliphatic carbocycles. The van der Waals surface area contributed by atoms with Gasteiger partial charge in [0.2, 0.25) is 5.91 Å². The van der Waals surface area contributed by atoms with E-state index in [9.17, 15) is 14.4 Å². The van der Waals surface area contributed by atoms with Crippen LogP contribution >= 0.6 is 0 Å². The molecule has 0 fully saturated rings. The molecule has 4 aromatic carbocycles. The Balaban J connectivity index is 1.29. The molecule has 2 N–H and O–H groups in total. The summed E-state index contributed by atoms with van der Waals surface area (Å²) in [5.41, 5.74) is 4.06. The number of nitrogens with one attached hydrogen (secondary N) is 2. The topological polar surface area (TPSA) is 81.8 Å². The van der Waals surface area contributed by atoms with Crippen molar-refractivity contribution in [3.63, 3.8) is 0 Å². The van der Waals surface area contributed by atoms with E-state index in [4.69, 9.17) is 0 Å². The van der Waals surface area contributed by atoms with Gasteiger partial charge in [-0.2, -0.15) is 0 Å². The van der Waals surface area contributed by atoms with Gasteiger partial charge in [0.05, 0.1) is 6.54 Å². The number of hydrogen-bond acceptors (Lipinski definition) is 4. The van der Waals surface area contributed by atoms with Gasteiger partial charge in [-0.25, -0.2) is 0 Å². The highest BCUT2D eigenvalue weighted by Crippen LogP contribution is 2.19. The molecule has 0 radical (unpaired) electrons. The third-order valence-corrected chi connectivity index (χ3v) is 6.08. The van der Waals surface area contributed by atoms with Gasteiger partial charge >= 0.3 is 0 Å². The Hall–Kier alpha value is -4.91. The Labute approximate surface area is 222 Å². The molecule has 0 saturated carbocycles. The molecule has 7 nitrogen and oxygen atoms in total. The maximum absolute atomic E-state index is 13.0. The average molecular weight is 507 g/mol. The lowest BCUT2D eigenvalue weighted by Crippen LogP contribution is -2.30. The number of amides is 3. The molecule has 0 heterocycles. The van der Waals surface area contributed by atoms with E-state index in [1.807, 2.05) is 67.6 Å². The summed E-state index contributed by atoms with van der Waals surface area (Å²) < 4.78 is 0. The lowest BCUT2D eigenvalue weighted by Gasteiger charge is -2.21. The number of carbonyl (C=O) groups excluding carboxylic acids is 3. The number of para-hydroxylation sites is 2. The first kappa shape index (κ1) is 26.2. The Morgan fingerprint density at radius 1 is 0.632 bits per heavy atom. The minimum Gasteiger partial charge on any atom is -0.376 e. The van der Waals surface area contributed by atoms with Gasteiger partial charge in [-0.15, -0.1) is 0 Å². The summed E-state index contributed by atoms with van der Waals surface area (Å²) in [6.07, 6.45) is 0. The normalized spacial score (nSPS) is 10.4. The molecular formula is C31H30N4O3. The molecule has 0 unspecified atom stereocenters. The summed E-state index contributed by atoms with van der Waals surface area (Å²) in [5, 5.41) is 5.89. The molecule has 0 saturated heterocycles. The molecule has 0 atom stereocenters. The van der Waals surface area contributed by atoms with Crippen LogP contribution < -0.4 is 20.4 Å². The molecule has 192 valence electrons. The predicted octanol–water partition coefficient (Wildman–Crippen LogP) is 5.68. The first-order valence-electron chi connectivity index (χ1n) is 12.4. The zero-order valence-electron chi connectivity index (χ0n) is 21.4. The lowest BCUT2D eigenvalue weighted by atomic mass is 10.1. The van der Waals surface area contributed by atoms with E-state index in [1.165, 1.54) is 0 Å². The molecule has 4 rings (SSSR count). The van der Waals surface area contributed by atoms with Gasteiger partial charge in [-0.1, -0.05) is 36.4 Å². The third kappa shape index (κ3) is 6.44. The standard InChI is InChI=1S/C31H30N4O3/c1-3-35(28-12-8-5-9-13-28)31(38)24-14-18-25(19-15-24)32-22-29(36)33-26-20-16-23(17-21-26)30(37)34(2)27-10-6-4-7-11-27/h4-21,32H,3,22H2,1-2H3,(H,33,36). The first-order valence-corrected chi connectivity index (χ1v) is 12.4. The highest BCUT2D eigenvalue weighted by Gasteiger charge is 2.16. The molecule has 4 aromatic rings. The molecule has 38 heavy (non-hydrogen) atoms. The Bertz CT molecular complexity index is 1370. The molecule has 0 aromatic heterocycles. The van der Waals surface area contributed by atoms with Crippen molar-refractivity contribution in [3.05, 3.63) is 120 Å².